The highest BCUT2D eigenvalue weighted by atomic mass is 19.1. The van der Waals surface area contributed by atoms with Crippen LogP contribution in [0.5, 0.6) is 0 Å². The fraction of sp³-hybridized carbons (Fsp3) is 0.273. The van der Waals surface area contributed by atoms with Gasteiger partial charge in [0.25, 0.3) is 0 Å². The molecule has 0 bridgehead atoms. The normalized spacial score (nSPS) is 14.9. The van der Waals surface area contributed by atoms with E-state index in [4.69, 9.17) is 5.73 Å². The quantitative estimate of drug-likeness (QED) is 0.664. The van der Waals surface area contributed by atoms with Gasteiger partial charge in [0, 0.05) is 37.0 Å². The average Bonchev–Trinajstić information content (AvgIpc) is 2.70. The summed E-state index contributed by atoms with van der Waals surface area (Å²) in [6.07, 6.45) is 2.31. The Bertz CT molecular complexity index is 1260. The molecule has 3 N–H and O–H groups in total. The molecular weight excluding hydrogens is 411 g/mol. The van der Waals surface area contributed by atoms with Crippen molar-refractivity contribution in [3.63, 3.8) is 0 Å². The molecule has 0 amide bonds. The van der Waals surface area contributed by atoms with Crippen molar-refractivity contribution >= 4 is 22.6 Å². The van der Waals surface area contributed by atoms with Crippen molar-refractivity contribution in [2.45, 2.75) is 25.8 Å². The third-order valence-electron chi connectivity index (χ3n) is 5.71. The highest BCUT2D eigenvalue weighted by molar-refractivity contribution is 5.96. The van der Waals surface area contributed by atoms with Crippen LogP contribution in [0.25, 0.3) is 16.6 Å². The van der Waals surface area contributed by atoms with Crippen LogP contribution < -0.4 is 16.1 Å². The van der Waals surface area contributed by atoms with Crippen molar-refractivity contribution < 1.29 is 23.1 Å². The second kappa shape index (κ2) is 7.73. The Labute approximate surface area is 175 Å². The number of anilines is 1. The summed E-state index contributed by atoms with van der Waals surface area (Å²) in [5.41, 5.74) is 5.02. The number of hydrogen-bond donors (Lipinski definition) is 2. The summed E-state index contributed by atoms with van der Waals surface area (Å²) in [7, 11) is 0. The number of benzene rings is 2. The van der Waals surface area contributed by atoms with E-state index in [1.54, 1.807) is 6.92 Å². The fourth-order valence-corrected chi connectivity index (χ4v) is 4.17. The van der Waals surface area contributed by atoms with E-state index >= 15 is 4.39 Å². The minimum absolute atomic E-state index is 0.0182. The standard InChI is InChI=1S/C22H20F3N3O3/c1-11-19-14(9-17(25)20(11)27-6-4-13(26)5-7-27)21(29)15(22(30)31)10-28(19)18-3-2-12(23)8-16(18)24/h2-3,8-10,13H,4-7,26H2,1H3,(H,30,31). The maximum absolute atomic E-state index is 15.1. The van der Waals surface area contributed by atoms with Crippen LogP contribution in [0, 0.1) is 24.4 Å². The van der Waals surface area contributed by atoms with Gasteiger partial charge in [-0.3, -0.25) is 4.79 Å². The number of nitrogens with zero attached hydrogens (tertiary/aromatic N) is 2. The van der Waals surface area contributed by atoms with Gasteiger partial charge >= 0.3 is 5.97 Å². The van der Waals surface area contributed by atoms with Gasteiger partial charge in [-0.05, 0) is 38.0 Å². The lowest BCUT2D eigenvalue weighted by atomic mass is 10.0. The van der Waals surface area contributed by atoms with Crippen molar-refractivity contribution in [1.29, 1.82) is 0 Å². The number of pyridine rings is 1. The van der Waals surface area contributed by atoms with E-state index in [1.807, 2.05) is 4.90 Å². The molecule has 1 aliphatic rings. The van der Waals surface area contributed by atoms with Crippen LogP contribution in [0.1, 0.15) is 28.8 Å². The number of hydrogen-bond acceptors (Lipinski definition) is 4. The van der Waals surface area contributed by atoms with Gasteiger partial charge in [-0.1, -0.05) is 0 Å². The van der Waals surface area contributed by atoms with Crippen molar-refractivity contribution in [3.8, 4) is 5.69 Å². The van der Waals surface area contributed by atoms with Crippen LogP contribution in [0.4, 0.5) is 18.9 Å². The molecule has 0 saturated carbocycles. The first-order valence-electron chi connectivity index (χ1n) is 9.76. The SMILES string of the molecule is Cc1c(N2CCC(N)CC2)c(F)cc2c(=O)c(C(=O)O)cn(-c3ccc(F)cc3F)c12. The number of aryl methyl sites for hydroxylation is 1. The van der Waals surface area contributed by atoms with Crippen LogP contribution >= 0.6 is 0 Å². The highest BCUT2D eigenvalue weighted by Crippen LogP contribution is 2.34. The summed E-state index contributed by atoms with van der Waals surface area (Å²) in [6, 6.07) is 3.83. The molecule has 0 aliphatic carbocycles. The Morgan fingerprint density at radius 3 is 2.42 bits per heavy atom. The van der Waals surface area contributed by atoms with E-state index in [-0.39, 0.29) is 28.3 Å². The van der Waals surface area contributed by atoms with Crippen LogP contribution in [-0.2, 0) is 0 Å². The van der Waals surface area contributed by atoms with Crippen molar-refractivity contribution in [2.75, 3.05) is 18.0 Å². The molecule has 0 unspecified atom stereocenters. The van der Waals surface area contributed by atoms with E-state index < -0.39 is 34.4 Å². The lowest BCUT2D eigenvalue weighted by Gasteiger charge is -2.33. The highest BCUT2D eigenvalue weighted by Gasteiger charge is 2.26. The lowest BCUT2D eigenvalue weighted by molar-refractivity contribution is 0.0695. The smallest absolute Gasteiger partial charge is 0.341 e. The van der Waals surface area contributed by atoms with Crippen molar-refractivity contribution in [1.82, 2.24) is 4.57 Å². The minimum atomic E-state index is -1.53. The van der Waals surface area contributed by atoms with Crippen LogP contribution in [0.3, 0.4) is 0 Å². The largest absolute Gasteiger partial charge is 0.477 e. The van der Waals surface area contributed by atoms with Gasteiger partial charge in [-0.25, -0.2) is 18.0 Å². The number of aromatic nitrogens is 1. The molecular formula is C22H20F3N3O3. The monoisotopic (exact) mass is 431 g/mol. The summed E-state index contributed by atoms with van der Waals surface area (Å²) in [6.45, 7) is 2.60. The van der Waals surface area contributed by atoms with Gasteiger partial charge in [0.2, 0.25) is 5.43 Å². The summed E-state index contributed by atoms with van der Waals surface area (Å²) >= 11 is 0. The molecule has 4 rings (SSSR count). The predicted molar refractivity (Wildman–Crippen MR) is 111 cm³/mol. The lowest BCUT2D eigenvalue weighted by Crippen LogP contribution is -2.40. The summed E-state index contributed by atoms with van der Waals surface area (Å²) in [5, 5.41) is 9.25. The van der Waals surface area contributed by atoms with Gasteiger partial charge < -0.3 is 20.3 Å². The van der Waals surface area contributed by atoms with E-state index in [2.05, 4.69) is 0 Å². The minimum Gasteiger partial charge on any atom is -0.477 e. The number of rotatable bonds is 3. The third kappa shape index (κ3) is 3.54. The van der Waals surface area contributed by atoms with Gasteiger partial charge in [-0.15, -0.1) is 0 Å². The number of halogens is 3. The van der Waals surface area contributed by atoms with Gasteiger partial charge in [0.1, 0.15) is 23.0 Å². The topological polar surface area (TPSA) is 88.6 Å². The van der Waals surface area contributed by atoms with E-state index in [0.717, 1.165) is 24.4 Å². The molecule has 1 aliphatic heterocycles. The van der Waals surface area contributed by atoms with Crippen molar-refractivity contribution in [3.05, 3.63) is 69.3 Å². The molecule has 162 valence electrons. The third-order valence-corrected chi connectivity index (χ3v) is 5.71. The summed E-state index contributed by atoms with van der Waals surface area (Å²) in [4.78, 5) is 26.2. The number of fused-ring (bicyclic) bond motifs is 1. The number of carboxylic acids is 1. The zero-order valence-corrected chi connectivity index (χ0v) is 16.7. The Morgan fingerprint density at radius 2 is 1.81 bits per heavy atom. The van der Waals surface area contributed by atoms with Crippen LogP contribution in [0.2, 0.25) is 0 Å². The first kappa shape index (κ1) is 20.9. The number of carboxylic acid groups (broad SMARTS) is 1. The molecule has 0 atom stereocenters. The Hall–Kier alpha value is -3.33. The van der Waals surface area contributed by atoms with Gasteiger partial charge in [-0.2, -0.15) is 0 Å². The van der Waals surface area contributed by atoms with Gasteiger partial charge in [0.15, 0.2) is 0 Å². The van der Waals surface area contributed by atoms with Crippen LogP contribution in [0.15, 0.2) is 35.3 Å². The number of aromatic carboxylic acids is 1. The summed E-state index contributed by atoms with van der Waals surface area (Å²) in [5.74, 6) is -3.96. The Kier molecular flexibility index (Phi) is 5.22. The number of nitrogens with two attached hydrogens (primary N) is 1. The zero-order chi connectivity index (χ0) is 22.4. The molecule has 31 heavy (non-hydrogen) atoms. The molecule has 0 spiro atoms. The molecule has 2 heterocycles. The second-order valence-corrected chi connectivity index (χ2v) is 7.70. The maximum atomic E-state index is 15.1. The van der Waals surface area contributed by atoms with Gasteiger partial charge in [0.05, 0.1) is 22.3 Å². The molecule has 0 radical (unpaired) electrons. The molecule has 3 aromatic rings. The van der Waals surface area contributed by atoms with E-state index in [1.165, 1.54) is 4.57 Å². The summed E-state index contributed by atoms with van der Waals surface area (Å²) < 4.78 is 44.4. The fourth-order valence-electron chi connectivity index (χ4n) is 4.17. The van der Waals surface area contributed by atoms with E-state index in [9.17, 15) is 23.5 Å². The predicted octanol–water partition coefficient (Wildman–Crippen LogP) is 3.34. The zero-order valence-electron chi connectivity index (χ0n) is 16.7. The molecule has 1 fully saturated rings. The number of piperidine rings is 1. The maximum Gasteiger partial charge on any atom is 0.341 e. The molecule has 2 aromatic carbocycles. The van der Waals surface area contributed by atoms with Crippen LogP contribution in [-0.4, -0.2) is 34.8 Å². The Morgan fingerprint density at radius 1 is 1.13 bits per heavy atom. The molecule has 1 saturated heterocycles. The second-order valence-electron chi connectivity index (χ2n) is 7.70. The molecule has 9 heteroatoms. The van der Waals surface area contributed by atoms with E-state index in [0.29, 0.717) is 37.6 Å². The van der Waals surface area contributed by atoms with Crippen molar-refractivity contribution in [2.24, 2.45) is 5.73 Å². The number of carbonyl (C=O) groups is 1. The molecule has 6 nitrogen and oxygen atoms in total. The molecule has 1 aromatic heterocycles. The average molecular weight is 431 g/mol. The first-order valence-corrected chi connectivity index (χ1v) is 9.76. The first-order chi connectivity index (χ1) is 14.7. The Balaban J connectivity index is 2.07.